The third kappa shape index (κ3) is 5.44. The maximum absolute atomic E-state index is 12.5. The average Bonchev–Trinajstić information content (AvgIpc) is 3.34. The summed E-state index contributed by atoms with van der Waals surface area (Å²) in [5, 5.41) is 3.86. The van der Waals surface area contributed by atoms with Gasteiger partial charge < -0.3 is 15.0 Å². The summed E-state index contributed by atoms with van der Waals surface area (Å²) in [4.78, 5) is 22.0. The lowest BCUT2D eigenvalue weighted by Crippen LogP contribution is -2.47. The Hall–Kier alpha value is -2.31. The number of anilines is 1. The second kappa shape index (κ2) is 10.3. The van der Waals surface area contributed by atoms with E-state index in [0.29, 0.717) is 10.6 Å². The van der Waals surface area contributed by atoms with E-state index in [1.807, 2.05) is 6.20 Å². The fourth-order valence-corrected chi connectivity index (χ4v) is 5.46. The number of piperazine rings is 1. The van der Waals surface area contributed by atoms with Gasteiger partial charge in [0.2, 0.25) is 0 Å². The van der Waals surface area contributed by atoms with Crippen molar-refractivity contribution in [3.8, 4) is 5.75 Å². The molecule has 6 nitrogen and oxygen atoms in total. The topological polar surface area (TPSA) is 57.7 Å². The van der Waals surface area contributed by atoms with Crippen molar-refractivity contribution in [2.24, 2.45) is 5.92 Å². The Morgan fingerprint density at radius 2 is 1.82 bits per heavy atom. The van der Waals surface area contributed by atoms with Gasteiger partial charge >= 0.3 is 0 Å². The molecule has 1 aliphatic carbocycles. The molecule has 1 aromatic carbocycles. The molecule has 176 valence electrons. The van der Waals surface area contributed by atoms with E-state index >= 15 is 0 Å². The van der Waals surface area contributed by atoms with Crippen LogP contribution in [0.1, 0.15) is 48.0 Å². The minimum absolute atomic E-state index is 0.0111. The Balaban J connectivity index is 1.02. The first-order valence-electron chi connectivity index (χ1n) is 12.3. The van der Waals surface area contributed by atoms with Crippen LogP contribution in [0.25, 0.3) is 0 Å². The Morgan fingerprint density at radius 1 is 1.06 bits per heavy atom. The highest BCUT2D eigenvalue weighted by Gasteiger charge is 2.26. The molecular weight excluding hydrogens is 436 g/mol. The molecule has 3 heterocycles. The van der Waals surface area contributed by atoms with Gasteiger partial charge in [0, 0.05) is 61.0 Å². The Labute approximate surface area is 201 Å². The second-order valence-electron chi connectivity index (χ2n) is 9.54. The van der Waals surface area contributed by atoms with Crippen molar-refractivity contribution in [2.45, 2.75) is 44.6 Å². The number of carbonyl (C=O) groups excluding carboxylic acids is 1. The zero-order valence-electron chi connectivity index (χ0n) is 19.1. The van der Waals surface area contributed by atoms with E-state index < -0.39 is 0 Å². The first kappa shape index (κ1) is 22.5. The van der Waals surface area contributed by atoms with Crippen molar-refractivity contribution >= 4 is 23.3 Å². The van der Waals surface area contributed by atoms with Gasteiger partial charge in [0.25, 0.3) is 5.91 Å². The van der Waals surface area contributed by atoms with E-state index in [9.17, 15) is 4.79 Å². The number of nitrogens with one attached hydrogen (secondary N) is 1. The number of halogens is 1. The van der Waals surface area contributed by atoms with Gasteiger partial charge in [0.15, 0.2) is 11.6 Å². The molecular formula is C26H33ClN4O2. The van der Waals surface area contributed by atoms with Crippen molar-refractivity contribution in [2.75, 3.05) is 44.2 Å². The van der Waals surface area contributed by atoms with Gasteiger partial charge in [-0.1, -0.05) is 11.6 Å². The Morgan fingerprint density at radius 3 is 2.58 bits per heavy atom. The van der Waals surface area contributed by atoms with E-state index in [0.717, 1.165) is 76.1 Å². The van der Waals surface area contributed by atoms with Crippen LogP contribution in [-0.2, 0) is 6.42 Å². The van der Waals surface area contributed by atoms with Gasteiger partial charge in [0.05, 0.1) is 6.61 Å². The van der Waals surface area contributed by atoms with Gasteiger partial charge in [-0.15, -0.1) is 0 Å². The number of pyridine rings is 1. The highest BCUT2D eigenvalue weighted by atomic mass is 35.5. The highest BCUT2D eigenvalue weighted by Crippen LogP contribution is 2.34. The quantitative estimate of drug-likeness (QED) is 0.689. The summed E-state index contributed by atoms with van der Waals surface area (Å²) < 4.78 is 5.85. The van der Waals surface area contributed by atoms with E-state index in [4.69, 9.17) is 16.3 Å². The number of hydrogen-bond donors (Lipinski definition) is 1. The van der Waals surface area contributed by atoms with Crippen LogP contribution in [0.15, 0.2) is 36.5 Å². The summed E-state index contributed by atoms with van der Waals surface area (Å²) in [5.74, 6) is 2.81. The number of amides is 1. The van der Waals surface area contributed by atoms with Crippen molar-refractivity contribution in [1.29, 1.82) is 0 Å². The minimum atomic E-state index is 0.0111. The predicted octanol–water partition coefficient (Wildman–Crippen LogP) is 4.17. The minimum Gasteiger partial charge on any atom is -0.489 e. The van der Waals surface area contributed by atoms with Crippen LogP contribution in [0.4, 0.5) is 5.82 Å². The number of benzene rings is 1. The molecule has 7 heteroatoms. The lowest BCUT2D eigenvalue weighted by Gasteiger charge is -2.37. The summed E-state index contributed by atoms with van der Waals surface area (Å²) >= 11 is 5.92. The van der Waals surface area contributed by atoms with Crippen LogP contribution in [0.5, 0.6) is 5.75 Å². The van der Waals surface area contributed by atoms with Crippen molar-refractivity contribution < 1.29 is 9.53 Å². The van der Waals surface area contributed by atoms with Crippen molar-refractivity contribution in [3.05, 3.63) is 52.7 Å². The predicted molar refractivity (Wildman–Crippen MR) is 131 cm³/mol. The lowest BCUT2D eigenvalue weighted by atomic mass is 9.84. The third-order valence-corrected chi connectivity index (χ3v) is 7.65. The highest BCUT2D eigenvalue weighted by molar-refractivity contribution is 6.30. The van der Waals surface area contributed by atoms with Crippen LogP contribution in [0.3, 0.4) is 0 Å². The monoisotopic (exact) mass is 468 g/mol. The molecule has 0 unspecified atom stereocenters. The molecule has 5 rings (SSSR count). The fraction of sp³-hybridized carbons (Fsp3) is 0.538. The normalized spacial score (nSPS) is 23.1. The largest absolute Gasteiger partial charge is 0.489 e. The molecule has 1 amide bonds. The lowest BCUT2D eigenvalue weighted by molar-refractivity contribution is 0.0919. The summed E-state index contributed by atoms with van der Waals surface area (Å²) in [6, 6.07) is 9.48. The SMILES string of the molecule is O=C(NC1CCC(CCN2CCN(c3nccc4c3OCC4)CC2)CC1)c1ccc(Cl)cc1. The van der Waals surface area contributed by atoms with Crippen molar-refractivity contribution in [1.82, 2.24) is 15.2 Å². The molecule has 0 spiro atoms. The second-order valence-corrected chi connectivity index (χ2v) is 9.97. The molecule has 1 saturated carbocycles. The van der Waals surface area contributed by atoms with Gasteiger partial charge in [-0.05, 0) is 74.9 Å². The number of aromatic nitrogens is 1. The molecule has 0 bridgehead atoms. The summed E-state index contributed by atoms with van der Waals surface area (Å²) in [5.41, 5.74) is 1.98. The molecule has 1 saturated heterocycles. The molecule has 2 aromatic rings. The number of rotatable bonds is 6. The third-order valence-electron chi connectivity index (χ3n) is 7.40. The average molecular weight is 469 g/mol. The number of hydrogen-bond acceptors (Lipinski definition) is 5. The summed E-state index contributed by atoms with van der Waals surface area (Å²) in [6.45, 7) is 6.13. The molecule has 3 aliphatic rings. The van der Waals surface area contributed by atoms with Gasteiger partial charge in [0.1, 0.15) is 0 Å². The molecule has 1 aromatic heterocycles. The Kier molecular flexibility index (Phi) is 7.02. The fourth-order valence-electron chi connectivity index (χ4n) is 5.33. The number of ether oxygens (including phenoxy) is 1. The van der Waals surface area contributed by atoms with Gasteiger partial charge in [-0.2, -0.15) is 0 Å². The zero-order chi connectivity index (χ0) is 22.6. The van der Waals surface area contributed by atoms with Crippen LogP contribution in [-0.4, -0.2) is 61.2 Å². The van der Waals surface area contributed by atoms with Crippen LogP contribution in [0, 0.1) is 5.92 Å². The molecule has 2 aliphatic heterocycles. The summed E-state index contributed by atoms with van der Waals surface area (Å²) in [6.07, 6.45) is 8.71. The zero-order valence-corrected chi connectivity index (χ0v) is 19.9. The first-order valence-corrected chi connectivity index (χ1v) is 12.7. The first-order chi connectivity index (χ1) is 16.2. The van der Waals surface area contributed by atoms with Gasteiger partial charge in [-0.3, -0.25) is 9.69 Å². The molecule has 33 heavy (non-hydrogen) atoms. The standard InChI is InChI=1S/C26H33ClN4O2/c27-22-5-3-21(4-6-22)26(32)29-23-7-1-19(2-8-23)10-13-30-14-16-31(17-15-30)25-24-20(9-12-28-25)11-18-33-24/h3-6,9,12,19,23H,1-2,7-8,10-11,13-18H2,(H,29,32). The molecule has 0 atom stereocenters. The van der Waals surface area contributed by atoms with Crippen LogP contribution >= 0.6 is 11.6 Å². The summed E-state index contributed by atoms with van der Waals surface area (Å²) in [7, 11) is 0. The van der Waals surface area contributed by atoms with Crippen LogP contribution in [0.2, 0.25) is 5.02 Å². The smallest absolute Gasteiger partial charge is 0.251 e. The van der Waals surface area contributed by atoms with E-state index in [1.54, 1.807) is 24.3 Å². The van der Waals surface area contributed by atoms with Crippen molar-refractivity contribution in [3.63, 3.8) is 0 Å². The maximum atomic E-state index is 12.5. The molecule has 2 fully saturated rings. The number of nitrogens with zero attached hydrogens (tertiary/aromatic N) is 3. The molecule has 1 N–H and O–H groups in total. The Bertz CT molecular complexity index is 951. The maximum Gasteiger partial charge on any atom is 0.251 e. The van der Waals surface area contributed by atoms with Crippen LogP contribution < -0.4 is 15.0 Å². The number of fused-ring (bicyclic) bond motifs is 1. The van der Waals surface area contributed by atoms with Gasteiger partial charge in [-0.25, -0.2) is 4.98 Å². The van der Waals surface area contributed by atoms with E-state index in [2.05, 4.69) is 26.2 Å². The number of carbonyl (C=O) groups is 1. The van der Waals surface area contributed by atoms with E-state index in [-0.39, 0.29) is 11.9 Å². The van der Waals surface area contributed by atoms with E-state index in [1.165, 1.54) is 24.8 Å². The molecule has 0 radical (unpaired) electrons.